The van der Waals surface area contributed by atoms with Crippen LogP contribution in [0.25, 0.3) is 16.9 Å². The monoisotopic (exact) mass is 325 g/mol. The molecule has 0 bridgehead atoms. The number of nitrogens with zero attached hydrogens (tertiary/aromatic N) is 2. The van der Waals surface area contributed by atoms with Crippen molar-refractivity contribution in [2.24, 2.45) is 5.41 Å². The number of halogens is 1. The largest absolute Gasteiger partial charge is 0.309 e. The third kappa shape index (κ3) is 3.02. The summed E-state index contributed by atoms with van der Waals surface area (Å²) in [4.78, 5) is 17.1. The van der Waals surface area contributed by atoms with Gasteiger partial charge in [0.2, 0.25) is 5.91 Å². The van der Waals surface area contributed by atoms with E-state index >= 15 is 0 Å². The smallest absolute Gasteiger partial charge is 0.230 e. The summed E-state index contributed by atoms with van der Waals surface area (Å²) in [5.41, 5.74) is 2.40. The van der Waals surface area contributed by atoms with Crippen LogP contribution in [0.1, 0.15) is 26.3 Å². The van der Waals surface area contributed by atoms with Gasteiger partial charge in [-0.2, -0.15) is 0 Å². The molecular formula is C19H20FN3O. The second kappa shape index (κ2) is 5.74. The van der Waals surface area contributed by atoms with Gasteiger partial charge in [-0.3, -0.25) is 9.20 Å². The number of nitrogens with one attached hydrogen (secondary N) is 1. The van der Waals surface area contributed by atoms with Gasteiger partial charge in [0.05, 0.1) is 0 Å². The van der Waals surface area contributed by atoms with Gasteiger partial charge in [-0.1, -0.05) is 32.9 Å². The van der Waals surface area contributed by atoms with E-state index in [1.165, 1.54) is 12.1 Å². The number of benzene rings is 1. The first kappa shape index (κ1) is 16.2. The second-order valence-corrected chi connectivity index (χ2v) is 6.96. The van der Waals surface area contributed by atoms with Crippen LogP contribution in [0.5, 0.6) is 0 Å². The number of hydrogen-bond acceptors (Lipinski definition) is 2. The molecule has 1 aromatic carbocycles. The number of amides is 1. The molecule has 0 aliphatic carbocycles. The highest BCUT2D eigenvalue weighted by Gasteiger charge is 2.24. The first-order chi connectivity index (χ1) is 11.3. The number of carbonyl (C=O) groups is 1. The topological polar surface area (TPSA) is 46.4 Å². The van der Waals surface area contributed by atoms with E-state index in [2.05, 4.69) is 10.3 Å². The van der Waals surface area contributed by atoms with Gasteiger partial charge >= 0.3 is 0 Å². The lowest BCUT2D eigenvalue weighted by Crippen LogP contribution is -2.28. The molecule has 2 aromatic heterocycles. The molecule has 1 N–H and O–H groups in total. The van der Waals surface area contributed by atoms with Crippen molar-refractivity contribution in [1.82, 2.24) is 9.38 Å². The number of hydrogen-bond donors (Lipinski definition) is 1. The number of aryl methyl sites for hydroxylation is 1. The van der Waals surface area contributed by atoms with Crippen LogP contribution in [0.3, 0.4) is 0 Å². The maximum atomic E-state index is 13.6. The van der Waals surface area contributed by atoms with Crippen molar-refractivity contribution < 1.29 is 9.18 Å². The van der Waals surface area contributed by atoms with Crippen molar-refractivity contribution in [3.8, 4) is 11.3 Å². The van der Waals surface area contributed by atoms with Gasteiger partial charge in [0.15, 0.2) is 0 Å². The normalized spacial score (nSPS) is 11.7. The van der Waals surface area contributed by atoms with E-state index in [1.54, 1.807) is 12.1 Å². The first-order valence-electron chi connectivity index (χ1n) is 7.82. The van der Waals surface area contributed by atoms with E-state index in [-0.39, 0.29) is 11.7 Å². The van der Waals surface area contributed by atoms with Crippen molar-refractivity contribution in [3.05, 3.63) is 54.0 Å². The Morgan fingerprint density at radius 1 is 1.21 bits per heavy atom. The predicted molar refractivity (Wildman–Crippen MR) is 93.4 cm³/mol. The molecule has 0 saturated carbocycles. The number of aromatic nitrogens is 2. The molecule has 3 aromatic rings. The zero-order valence-corrected chi connectivity index (χ0v) is 14.2. The molecule has 0 radical (unpaired) electrons. The van der Waals surface area contributed by atoms with Crippen LogP contribution in [0.2, 0.25) is 0 Å². The van der Waals surface area contributed by atoms with E-state index in [0.717, 1.165) is 5.56 Å². The lowest BCUT2D eigenvalue weighted by Gasteiger charge is -2.18. The van der Waals surface area contributed by atoms with Crippen LogP contribution in [0.4, 0.5) is 10.2 Å². The molecule has 0 unspecified atom stereocenters. The van der Waals surface area contributed by atoms with Gasteiger partial charge in [0, 0.05) is 17.2 Å². The standard InChI is InChI=1S/C19H20FN3O/c1-12-8-9-23-15(10-12)21-16(13-6-5-7-14(20)11-13)17(23)22-18(24)19(2,3)4/h5-11H,1-4H3,(H,22,24). The third-order valence-electron chi connectivity index (χ3n) is 3.79. The molecule has 24 heavy (non-hydrogen) atoms. The molecule has 0 spiro atoms. The Hall–Kier alpha value is -2.69. The highest BCUT2D eigenvalue weighted by Crippen LogP contribution is 2.30. The van der Waals surface area contributed by atoms with Crippen LogP contribution in [0.15, 0.2) is 42.6 Å². The molecule has 0 aliphatic rings. The summed E-state index contributed by atoms with van der Waals surface area (Å²) in [7, 11) is 0. The lowest BCUT2D eigenvalue weighted by molar-refractivity contribution is -0.123. The maximum absolute atomic E-state index is 13.6. The van der Waals surface area contributed by atoms with E-state index < -0.39 is 5.41 Å². The minimum atomic E-state index is -0.548. The Morgan fingerprint density at radius 2 is 1.96 bits per heavy atom. The Balaban J connectivity index is 2.20. The van der Waals surface area contributed by atoms with E-state index in [0.29, 0.717) is 22.7 Å². The summed E-state index contributed by atoms with van der Waals surface area (Å²) in [6, 6.07) is 10.1. The fourth-order valence-corrected chi connectivity index (χ4v) is 2.40. The van der Waals surface area contributed by atoms with Crippen molar-refractivity contribution in [2.75, 3.05) is 5.32 Å². The average molecular weight is 325 g/mol. The van der Waals surface area contributed by atoms with Gasteiger partial charge in [0.1, 0.15) is 23.0 Å². The summed E-state index contributed by atoms with van der Waals surface area (Å²) in [5.74, 6) is 0.0897. The number of rotatable bonds is 2. The minimum Gasteiger partial charge on any atom is -0.309 e. The fourth-order valence-electron chi connectivity index (χ4n) is 2.40. The molecule has 0 atom stereocenters. The molecule has 5 heteroatoms. The van der Waals surface area contributed by atoms with Gasteiger partial charge in [-0.25, -0.2) is 9.37 Å². The molecule has 0 aliphatic heterocycles. The van der Waals surface area contributed by atoms with Crippen LogP contribution in [-0.4, -0.2) is 15.3 Å². The van der Waals surface area contributed by atoms with Crippen LogP contribution >= 0.6 is 0 Å². The Morgan fingerprint density at radius 3 is 2.62 bits per heavy atom. The second-order valence-electron chi connectivity index (χ2n) is 6.96. The summed E-state index contributed by atoms with van der Waals surface area (Å²) >= 11 is 0. The molecule has 3 rings (SSSR count). The average Bonchev–Trinajstić information content (AvgIpc) is 2.84. The number of anilines is 1. The zero-order valence-electron chi connectivity index (χ0n) is 14.2. The summed E-state index contributed by atoms with van der Waals surface area (Å²) in [6.45, 7) is 7.51. The predicted octanol–water partition coefficient (Wildman–Crippen LogP) is 4.43. The van der Waals surface area contributed by atoms with Crippen molar-refractivity contribution in [1.29, 1.82) is 0 Å². The minimum absolute atomic E-state index is 0.123. The number of fused-ring (bicyclic) bond motifs is 1. The summed E-state index contributed by atoms with van der Waals surface area (Å²) in [5, 5.41) is 2.95. The van der Waals surface area contributed by atoms with Crippen molar-refractivity contribution in [3.63, 3.8) is 0 Å². The number of imidazole rings is 1. The quantitative estimate of drug-likeness (QED) is 0.757. The summed E-state index contributed by atoms with van der Waals surface area (Å²) < 4.78 is 15.5. The fraction of sp³-hybridized carbons (Fsp3) is 0.263. The molecule has 0 fully saturated rings. The van der Waals surface area contributed by atoms with Crippen LogP contribution in [0, 0.1) is 18.2 Å². The van der Waals surface area contributed by atoms with E-state index in [1.807, 2.05) is 50.4 Å². The van der Waals surface area contributed by atoms with Crippen molar-refractivity contribution in [2.45, 2.75) is 27.7 Å². The van der Waals surface area contributed by atoms with Gasteiger partial charge in [-0.15, -0.1) is 0 Å². The van der Waals surface area contributed by atoms with Crippen LogP contribution in [-0.2, 0) is 4.79 Å². The third-order valence-corrected chi connectivity index (χ3v) is 3.79. The molecule has 1 amide bonds. The van der Waals surface area contributed by atoms with Gasteiger partial charge < -0.3 is 5.32 Å². The van der Waals surface area contributed by atoms with Gasteiger partial charge in [0.25, 0.3) is 0 Å². The summed E-state index contributed by atoms with van der Waals surface area (Å²) in [6.07, 6.45) is 1.86. The van der Waals surface area contributed by atoms with E-state index in [9.17, 15) is 9.18 Å². The Bertz CT molecular complexity index is 922. The Kier molecular flexibility index (Phi) is 3.87. The van der Waals surface area contributed by atoms with E-state index in [4.69, 9.17) is 0 Å². The zero-order chi connectivity index (χ0) is 17.5. The maximum Gasteiger partial charge on any atom is 0.230 e. The highest BCUT2D eigenvalue weighted by molar-refractivity contribution is 5.97. The molecular weight excluding hydrogens is 305 g/mol. The Labute approximate surface area is 140 Å². The molecule has 2 heterocycles. The number of pyridine rings is 1. The highest BCUT2D eigenvalue weighted by atomic mass is 19.1. The SMILES string of the molecule is Cc1ccn2c(NC(=O)C(C)(C)C)c(-c3cccc(F)c3)nc2c1. The lowest BCUT2D eigenvalue weighted by atomic mass is 9.95. The molecule has 124 valence electrons. The van der Waals surface area contributed by atoms with Gasteiger partial charge in [-0.05, 0) is 36.8 Å². The van der Waals surface area contributed by atoms with Crippen LogP contribution < -0.4 is 5.32 Å². The molecule has 4 nitrogen and oxygen atoms in total. The van der Waals surface area contributed by atoms with Crippen molar-refractivity contribution >= 4 is 17.4 Å². The number of carbonyl (C=O) groups excluding carboxylic acids is 1. The first-order valence-corrected chi connectivity index (χ1v) is 7.82. The molecule has 0 saturated heterocycles.